The summed E-state index contributed by atoms with van der Waals surface area (Å²) in [6.07, 6.45) is 0.196. The third-order valence-electron chi connectivity index (χ3n) is 2.86. The lowest BCUT2D eigenvalue weighted by molar-refractivity contribution is -0.116. The topological polar surface area (TPSA) is 58.2 Å². The van der Waals surface area contributed by atoms with E-state index in [-0.39, 0.29) is 24.8 Å². The van der Waals surface area contributed by atoms with Crippen LogP contribution in [-0.4, -0.2) is 18.4 Å². The molecule has 0 saturated heterocycles. The summed E-state index contributed by atoms with van der Waals surface area (Å²) in [4.78, 5) is 23.7. The normalized spacial score (nSPS) is 10.1. The molecule has 0 unspecified atom stereocenters. The second-order valence-corrected chi connectivity index (χ2v) is 6.20. The number of anilines is 1. The zero-order chi connectivity index (χ0) is 15.9. The second kappa shape index (κ2) is 8.14. The Morgan fingerprint density at radius 3 is 2.59 bits per heavy atom. The van der Waals surface area contributed by atoms with Crippen LogP contribution in [0.1, 0.15) is 16.8 Å². The second-order valence-electron chi connectivity index (χ2n) is 4.54. The van der Waals surface area contributed by atoms with E-state index < -0.39 is 0 Å². The molecule has 4 nitrogen and oxygen atoms in total. The van der Waals surface area contributed by atoms with Gasteiger partial charge in [0.05, 0.1) is 10.6 Å². The van der Waals surface area contributed by atoms with Crippen LogP contribution in [0.2, 0.25) is 5.02 Å². The molecule has 22 heavy (non-hydrogen) atoms. The van der Waals surface area contributed by atoms with Crippen molar-refractivity contribution in [1.82, 2.24) is 5.32 Å². The Labute approximate surface area is 147 Å². The fraction of sp³-hybridized carbons (Fsp3) is 0.125. The minimum absolute atomic E-state index is 0.151. The third kappa shape index (κ3) is 4.99. The van der Waals surface area contributed by atoms with E-state index in [0.29, 0.717) is 10.6 Å². The van der Waals surface area contributed by atoms with Crippen LogP contribution in [0.25, 0.3) is 0 Å². The third-order valence-corrected chi connectivity index (χ3v) is 3.87. The zero-order valence-electron chi connectivity index (χ0n) is 11.6. The van der Waals surface area contributed by atoms with Crippen LogP contribution in [0.5, 0.6) is 0 Å². The number of rotatable bonds is 5. The molecule has 0 aliphatic heterocycles. The Morgan fingerprint density at radius 2 is 1.86 bits per heavy atom. The van der Waals surface area contributed by atoms with Gasteiger partial charge in [-0.2, -0.15) is 0 Å². The van der Waals surface area contributed by atoms with Crippen molar-refractivity contribution in [2.45, 2.75) is 6.42 Å². The Balaban J connectivity index is 1.80. The lowest BCUT2D eigenvalue weighted by Gasteiger charge is -2.08. The molecule has 2 aromatic rings. The molecule has 114 valence electrons. The van der Waals surface area contributed by atoms with E-state index >= 15 is 0 Å². The van der Waals surface area contributed by atoms with Crippen molar-refractivity contribution in [1.29, 1.82) is 0 Å². The van der Waals surface area contributed by atoms with Gasteiger partial charge < -0.3 is 10.6 Å². The summed E-state index contributed by atoms with van der Waals surface area (Å²) in [7, 11) is 0. The number of nitrogens with one attached hydrogen (secondary N) is 2. The van der Waals surface area contributed by atoms with Gasteiger partial charge in [0.25, 0.3) is 5.91 Å². The lowest BCUT2D eigenvalue weighted by Crippen LogP contribution is -2.27. The van der Waals surface area contributed by atoms with E-state index in [1.165, 1.54) is 0 Å². The van der Waals surface area contributed by atoms with Crippen LogP contribution < -0.4 is 10.6 Å². The van der Waals surface area contributed by atoms with Crippen LogP contribution in [-0.2, 0) is 4.79 Å². The maximum atomic E-state index is 11.9. The van der Waals surface area contributed by atoms with Gasteiger partial charge in [0.15, 0.2) is 0 Å². The van der Waals surface area contributed by atoms with Crippen molar-refractivity contribution in [3.8, 4) is 0 Å². The van der Waals surface area contributed by atoms with E-state index in [1.54, 1.807) is 24.3 Å². The predicted molar refractivity (Wildman–Crippen MR) is 96.2 cm³/mol. The maximum Gasteiger partial charge on any atom is 0.252 e. The molecular formula is C16H14ClIN2O2. The van der Waals surface area contributed by atoms with Gasteiger partial charge in [0, 0.05) is 22.2 Å². The number of amides is 2. The molecule has 0 aliphatic rings. The molecular weight excluding hydrogens is 415 g/mol. The van der Waals surface area contributed by atoms with Gasteiger partial charge in [-0.15, -0.1) is 0 Å². The molecule has 0 atom stereocenters. The van der Waals surface area contributed by atoms with E-state index in [4.69, 9.17) is 11.6 Å². The quantitative estimate of drug-likeness (QED) is 0.714. The molecule has 0 radical (unpaired) electrons. The van der Waals surface area contributed by atoms with Crippen LogP contribution >= 0.6 is 34.2 Å². The number of carbonyl (C=O) groups excluding carboxylic acids is 2. The zero-order valence-corrected chi connectivity index (χ0v) is 14.5. The van der Waals surface area contributed by atoms with Crippen molar-refractivity contribution >= 4 is 51.7 Å². The number of hydrogen-bond acceptors (Lipinski definition) is 2. The number of benzene rings is 2. The average Bonchev–Trinajstić information content (AvgIpc) is 2.47. The van der Waals surface area contributed by atoms with Gasteiger partial charge in [0.1, 0.15) is 0 Å². The molecule has 2 amide bonds. The highest BCUT2D eigenvalue weighted by Crippen LogP contribution is 2.14. The average molecular weight is 429 g/mol. The minimum atomic E-state index is -0.285. The fourth-order valence-corrected chi connectivity index (χ4v) is 2.58. The number of carbonyl (C=O) groups is 2. The van der Waals surface area contributed by atoms with Crippen molar-refractivity contribution in [2.75, 3.05) is 11.9 Å². The van der Waals surface area contributed by atoms with E-state index in [1.807, 2.05) is 24.3 Å². The van der Waals surface area contributed by atoms with Gasteiger partial charge in [-0.25, -0.2) is 0 Å². The minimum Gasteiger partial charge on any atom is -0.351 e. The summed E-state index contributed by atoms with van der Waals surface area (Å²) in [5.74, 6) is -0.436. The summed E-state index contributed by atoms with van der Waals surface area (Å²) in [5.41, 5.74) is 1.15. The molecule has 2 rings (SSSR count). The van der Waals surface area contributed by atoms with E-state index in [0.717, 1.165) is 9.26 Å². The summed E-state index contributed by atoms with van der Waals surface area (Å²) in [6.45, 7) is 0.250. The summed E-state index contributed by atoms with van der Waals surface area (Å²) < 4.78 is 1.04. The summed E-state index contributed by atoms with van der Waals surface area (Å²) >= 11 is 8.12. The number of hydrogen-bond donors (Lipinski definition) is 2. The molecule has 0 aromatic heterocycles. The largest absolute Gasteiger partial charge is 0.351 e. The standard InChI is InChI=1S/C16H14ClIN2O2/c17-14-7-2-1-6-13(14)16(22)19-9-8-15(21)20-12-5-3-4-11(18)10-12/h1-7,10H,8-9H2,(H,19,22)(H,20,21). The molecule has 0 saturated carbocycles. The van der Waals surface area contributed by atoms with Crippen LogP contribution in [0, 0.1) is 3.57 Å². The Hall–Kier alpha value is -1.60. The molecule has 0 heterocycles. The first-order valence-electron chi connectivity index (χ1n) is 6.64. The van der Waals surface area contributed by atoms with Crippen LogP contribution in [0.15, 0.2) is 48.5 Å². The van der Waals surface area contributed by atoms with Gasteiger partial charge in [-0.1, -0.05) is 29.8 Å². The highest BCUT2D eigenvalue weighted by atomic mass is 127. The molecule has 2 N–H and O–H groups in total. The first kappa shape index (κ1) is 16.8. The predicted octanol–water partition coefficient (Wildman–Crippen LogP) is 3.70. The van der Waals surface area contributed by atoms with Crippen molar-refractivity contribution < 1.29 is 9.59 Å². The maximum absolute atomic E-state index is 11.9. The Morgan fingerprint density at radius 1 is 1.09 bits per heavy atom. The highest BCUT2D eigenvalue weighted by molar-refractivity contribution is 14.1. The summed E-state index contributed by atoms with van der Waals surface area (Å²) in [5, 5.41) is 5.86. The molecule has 0 spiro atoms. The smallest absolute Gasteiger partial charge is 0.252 e. The van der Waals surface area contributed by atoms with E-state index in [9.17, 15) is 9.59 Å². The molecule has 0 fully saturated rings. The Kier molecular flexibility index (Phi) is 6.21. The van der Waals surface area contributed by atoms with Crippen LogP contribution in [0.3, 0.4) is 0 Å². The fourth-order valence-electron chi connectivity index (χ4n) is 1.82. The molecule has 6 heteroatoms. The SMILES string of the molecule is O=C(CCNC(=O)c1ccccc1Cl)Nc1cccc(I)c1. The van der Waals surface area contributed by atoms with Gasteiger partial charge in [0.2, 0.25) is 5.91 Å². The van der Waals surface area contributed by atoms with Gasteiger partial charge in [-0.05, 0) is 52.9 Å². The van der Waals surface area contributed by atoms with Gasteiger partial charge >= 0.3 is 0 Å². The first-order chi connectivity index (χ1) is 10.6. The lowest BCUT2D eigenvalue weighted by atomic mass is 10.2. The molecule has 0 aliphatic carbocycles. The molecule has 2 aromatic carbocycles. The van der Waals surface area contributed by atoms with Crippen molar-refractivity contribution in [3.05, 3.63) is 62.7 Å². The Bertz CT molecular complexity index is 691. The highest BCUT2D eigenvalue weighted by Gasteiger charge is 2.09. The van der Waals surface area contributed by atoms with Crippen LogP contribution in [0.4, 0.5) is 5.69 Å². The van der Waals surface area contributed by atoms with Crippen molar-refractivity contribution in [3.63, 3.8) is 0 Å². The molecule has 0 bridgehead atoms. The van der Waals surface area contributed by atoms with Gasteiger partial charge in [-0.3, -0.25) is 9.59 Å². The first-order valence-corrected chi connectivity index (χ1v) is 8.10. The monoisotopic (exact) mass is 428 g/mol. The summed E-state index contributed by atoms with van der Waals surface area (Å²) in [6, 6.07) is 14.3. The number of halogens is 2. The van der Waals surface area contributed by atoms with E-state index in [2.05, 4.69) is 33.2 Å². The van der Waals surface area contributed by atoms with Crippen molar-refractivity contribution in [2.24, 2.45) is 0 Å².